The zero-order valence-electron chi connectivity index (χ0n) is 14.7. The van der Waals surface area contributed by atoms with Gasteiger partial charge in [0.1, 0.15) is 6.04 Å². The van der Waals surface area contributed by atoms with Crippen LogP contribution in [-0.2, 0) is 4.79 Å². The van der Waals surface area contributed by atoms with Crippen molar-refractivity contribution in [1.29, 1.82) is 0 Å². The first kappa shape index (κ1) is 18.7. The average Bonchev–Trinajstić information content (AvgIpc) is 2.98. The third kappa shape index (κ3) is 4.20. The number of hydrogen-bond acceptors (Lipinski definition) is 4. The van der Waals surface area contributed by atoms with Crippen LogP contribution in [0.2, 0.25) is 5.02 Å². The van der Waals surface area contributed by atoms with Crippen LogP contribution in [0.4, 0.5) is 5.69 Å². The summed E-state index contributed by atoms with van der Waals surface area (Å²) in [6.07, 6.45) is 0. The molecule has 3 rings (SSSR count). The van der Waals surface area contributed by atoms with Gasteiger partial charge in [0.2, 0.25) is 5.91 Å². The molecule has 2 amide bonds. The maximum absolute atomic E-state index is 12.7. The Bertz CT molecular complexity index is 1050. The Balaban J connectivity index is 1.77. The maximum atomic E-state index is 12.7. The highest BCUT2D eigenvalue weighted by Crippen LogP contribution is 2.18. The zero-order chi connectivity index (χ0) is 19.6. The summed E-state index contributed by atoms with van der Waals surface area (Å²) in [7, 11) is 0. The molecule has 3 N–H and O–H groups in total. The molecule has 1 atom stereocenters. The quantitative estimate of drug-likeness (QED) is 0.625. The summed E-state index contributed by atoms with van der Waals surface area (Å²) < 4.78 is 4.93. The molecule has 3 aromatic rings. The minimum absolute atomic E-state index is 0.158. The van der Waals surface area contributed by atoms with Crippen LogP contribution in [0, 0.1) is 5.92 Å². The first-order valence-electron chi connectivity index (χ1n) is 8.34. The van der Waals surface area contributed by atoms with Crippen LogP contribution in [0.3, 0.4) is 0 Å². The van der Waals surface area contributed by atoms with Gasteiger partial charge in [0.05, 0.1) is 16.1 Å². The van der Waals surface area contributed by atoms with Gasteiger partial charge in [0.15, 0.2) is 5.58 Å². The second kappa shape index (κ2) is 7.67. The lowest BCUT2D eigenvalue weighted by Gasteiger charge is -2.22. The van der Waals surface area contributed by atoms with Gasteiger partial charge in [-0.05, 0) is 36.2 Å². The van der Waals surface area contributed by atoms with E-state index in [4.69, 9.17) is 16.0 Å². The molecule has 0 saturated heterocycles. The van der Waals surface area contributed by atoms with Gasteiger partial charge in [-0.2, -0.15) is 0 Å². The topological polar surface area (TPSA) is 104 Å². The number of aromatic amines is 1. The minimum Gasteiger partial charge on any atom is -0.408 e. The number of nitrogens with one attached hydrogen (secondary N) is 3. The molecule has 0 radical (unpaired) electrons. The summed E-state index contributed by atoms with van der Waals surface area (Å²) in [6, 6.07) is 10.6. The minimum atomic E-state index is -0.770. The van der Waals surface area contributed by atoms with Crippen molar-refractivity contribution >= 4 is 40.2 Å². The van der Waals surface area contributed by atoms with E-state index in [1.54, 1.807) is 42.5 Å². The highest BCUT2D eigenvalue weighted by atomic mass is 35.5. The van der Waals surface area contributed by atoms with Gasteiger partial charge in [-0.25, -0.2) is 4.79 Å². The third-order valence-corrected chi connectivity index (χ3v) is 4.37. The first-order chi connectivity index (χ1) is 12.8. The smallest absolute Gasteiger partial charge is 0.408 e. The largest absolute Gasteiger partial charge is 0.417 e. The summed E-state index contributed by atoms with van der Waals surface area (Å²) in [5.41, 5.74) is 1.64. The lowest BCUT2D eigenvalue weighted by Crippen LogP contribution is -2.47. The number of oxazole rings is 1. The molecule has 0 saturated carbocycles. The monoisotopic (exact) mass is 387 g/mol. The van der Waals surface area contributed by atoms with Crippen LogP contribution in [0.5, 0.6) is 0 Å². The van der Waals surface area contributed by atoms with Gasteiger partial charge in [-0.1, -0.05) is 37.6 Å². The van der Waals surface area contributed by atoms with Crippen LogP contribution < -0.4 is 16.4 Å². The van der Waals surface area contributed by atoms with Crippen molar-refractivity contribution in [3.63, 3.8) is 0 Å². The van der Waals surface area contributed by atoms with Gasteiger partial charge < -0.3 is 15.1 Å². The van der Waals surface area contributed by atoms with Gasteiger partial charge in [0, 0.05) is 5.69 Å². The second-order valence-electron chi connectivity index (χ2n) is 6.39. The third-order valence-electron chi connectivity index (χ3n) is 4.04. The van der Waals surface area contributed by atoms with E-state index in [9.17, 15) is 14.4 Å². The Morgan fingerprint density at radius 3 is 2.59 bits per heavy atom. The number of amides is 2. The van der Waals surface area contributed by atoms with Gasteiger partial charge in [-0.15, -0.1) is 0 Å². The van der Waals surface area contributed by atoms with E-state index < -0.39 is 17.7 Å². The number of rotatable bonds is 5. The van der Waals surface area contributed by atoms with Gasteiger partial charge in [0.25, 0.3) is 5.91 Å². The average molecular weight is 388 g/mol. The Kier molecular flexibility index (Phi) is 5.32. The molecule has 1 unspecified atom stereocenters. The van der Waals surface area contributed by atoms with Crippen LogP contribution in [0.25, 0.3) is 11.1 Å². The molecule has 1 heterocycles. The second-order valence-corrected chi connectivity index (χ2v) is 6.80. The SMILES string of the molecule is CC(C)C(NC(=O)c1ccccc1Cl)C(=O)Nc1ccc2oc(=O)[nH]c2c1. The summed E-state index contributed by atoms with van der Waals surface area (Å²) in [4.78, 5) is 38.9. The van der Waals surface area contributed by atoms with E-state index >= 15 is 0 Å². The molecule has 0 bridgehead atoms. The zero-order valence-corrected chi connectivity index (χ0v) is 15.5. The number of H-pyrrole nitrogens is 1. The number of anilines is 1. The Morgan fingerprint density at radius 2 is 1.89 bits per heavy atom. The van der Waals surface area contributed by atoms with Crippen molar-refractivity contribution in [3.05, 3.63) is 63.6 Å². The van der Waals surface area contributed by atoms with Crippen LogP contribution in [-0.4, -0.2) is 22.8 Å². The van der Waals surface area contributed by atoms with Crippen molar-refractivity contribution in [2.75, 3.05) is 5.32 Å². The predicted octanol–water partition coefficient (Wildman–Crippen LogP) is 3.17. The number of carbonyl (C=O) groups is 2. The number of hydrogen-bond donors (Lipinski definition) is 3. The Morgan fingerprint density at radius 1 is 1.15 bits per heavy atom. The molecule has 7 nitrogen and oxygen atoms in total. The molecule has 0 fully saturated rings. The maximum Gasteiger partial charge on any atom is 0.417 e. The molecular formula is C19H18ClN3O4. The summed E-state index contributed by atoms with van der Waals surface area (Å²) in [5.74, 6) is -1.53. The molecular weight excluding hydrogens is 370 g/mol. The Labute approximate surface area is 159 Å². The van der Waals surface area contributed by atoms with Crippen LogP contribution >= 0.6 is 11.6 Å². The van der Waals surface area contributed by atoms with Crippen LogP contribution in [0.1, 0.15) is 24.2 Å². The van der Waals surface area contributed by atoms with Gasteiger partial charge >= 0.3 is 5.76 Å². The fraction of sp³-hybridized carbons (Fsp3) is 0.211. The molecule has 0 spiro atoms. The Hall–Kier alpha value is -3.06. The number of fused-ring (bicyclic) bond motifs is 1. The van der Waals surface area contributed by atoms with Crippen molar-refractivity contribution < 1.29 is 14.0 Å². The molecule has 140 valence electrons. The van der Waals surface area contributed by atoms with E-state index in [1.807, 2.05) is 13.8 Å². The number of halogens is 1. The standard InChI is InChI=1S/C19H18ClN3O4/c1-10(2)16(23-17(24)12-5-3-4-6-13(12)20)18(25)21-11-7-8-15-14(9-11)22-19(26)27-15/h3-10,16H,1-2H3,(H,21,25)(H,22,26)(H,23,24). The molecule has 0 aliphatic heterocycles. The fourth-order valence-corrected chi connectivity index (χ4v) is 2.87. The predicted molar refractivity (Wildman–Crippen MR) is 103 cm³/mol. The van der Waals surface area contributed by atoms with Crippen molar-refractivity contribution in [3.8, 4) is 0 Å². The molecule has 1 aromatic heterocycles. The fourth-order valence-electron chi connectivity index (χ4n) is 2.65. The normalized spacial score (nSPS) is 12.1. The first-order valence-corrected chi connectivity index (χ1v) is 8.72. The number of carbonyl (C=O) groups excluding carboxylic acids is 2. The van der Waals surface area contributed by atoms with Crippen LogP contribution in [0.15, 0.2) is 51.7 Å². The molecule has 0 aliphatic carbocycles. The van der Waals surface area contributed by atoms with Gasteiger partial charge in [-0.3, -0.25) is 14.6 Å². The summed E-state index contributed by atoms with van der Waals surface area (Å²) in [5, 5.41) is 5.78. The van der Waals surface area contributed by atoms with E-state index in [-0.39, 0.29) is 11.8 Å². The van der Waals surface area contributed by atoms with Crippen molar-refractivity contribution in [2.24, 2.45) is 5.92 Å². The van der Waals surface area contributed by atoms with Crippen molar-refractivity contribution in [1.82, 2.24) is 10.3 Å². The molecule has 2 aromatic carbocycles. The lowest BCUT2D eigenvalue weighted by atomic mass is 10.0. The summed E-state index contributed by atoms with van der Waals surface area (Å²) in [6.45, 7) is 3.65. The summed E-state index contributed by atoms with van der Waals surface area (Å²) >= 11 is 6.05. The van der Waals surface area contributed by atoms with Crippen molar-refractivity contribution in [2.45, 2.75) is 19.9 Å². The van der Waals surface area contributed by atoms with E-state index in [2.05, 4.69) is 15.6 Å². The van der Waals surface area contributed by atoms with E-state index in [1.165, 1.54) is 0 Å². The highest BCUT2D eigenvalue weighted by molar-refractivity contribution is 6.33. The van der Waals surface area contributed by atoms with E-state index in [0.717, 1.165) is 0 Å². The van der Waals surface area contributed by atoms with E-state index in [0.29, 0.717) is 27.4 Å². The highest BCUT2D eigenvalue weighted by Gasteiger charge is 2.25. The number of benzene rings is 2. The molecule has 8 heteroatoms. The lowest BCUT2D eigenvalue weighted by molar-refractivity contribution is -0.118. The molecule has 27 heavy (non-hydrogen) atoms. The molecule has 0 aliphatic rings. The number of aromatic nitrogens is 1.